The number of hydrogen-bond donors (Lipinski definition) is 0. The number of Topliss-reactive ketones (excluding diaryl/α,β-unsaturated/α-hetero) is 2. The predicted molar refractivity (Wildman–Crippen MR) is 103 cm³/mol. The molecule has 0 aliphatic rings. The fraction of sp³-hybridized carbons (Fsp3) is 0.0455. The summed E-state index contributed by atoms with van der Waals surface area (Å²) in [7, 11) is 0. The first-order chi connectivity index (χ1) is 12.2. The van der Waals surface area contributed by atoms with Crippen molar-refractivity contribution in [3.05, 3.63) is 102 Å². The Morgan fingerprint density at radius 3 is 1.88 bits per heavy atom. The zero-order valence-electron chi connectivity index (χ0n) is 13.8. The fourth-order valence-corrected chi connectivity index (χ4v) is 4.45. The van der Waals surface area contributed by atoms with Crippen LogP contribution in [0, 0.1) is 6.92 Å². The molecule has 2 nitrogen and oxygen atoms in total. The second-order valence-corrected chi connectivity index (χ2v) is 7.86. The molecule has 0 heterocycles. The van der Waals surface area contributed by atoms with Crippen LogP contribution in [0.5, 0.6) is 0 Å². The molecule has 3 rings (SSSR count). The van der Waals surface area contributed by atoms with Crippen molar-refractivity contribution in [3.63, 3.8) is 0 Å². The molecule has 0 unspecified atom stereocenters. The first-order valence-corrected chi connectivity index (χ1v) is 9.68. The van der Waals surface area contributed by atoms with E-state index in [2.05, 4.69) is 0 Å². The Morgan fingerprint density at radius 2 is 1.24 bits per heavy atom. The molecule has 0 amide bonds. The van der Waals surface area contributed by atoms with Gasteiger partial charge < -0.3 is 0 Å². The molecule has 25 heavy (non-hydrogen) atoms. The zero-order chi connectivity index (χ0) is 17.6. The van der Waals surface area contributed by atoms with Crippen LogP contribution in [-0.2, 0) is 0 Å². The van der Waals surface area contributed by atoms with E-state index in [1.165, 1.54) is 0 Å². The van der Waals surface area contributed by atoms with E-state index < -0.39 is 0 Å². The van der Waals surface area contributed by atoms with E-state index in [1.54, 1.807) is 18.2 Å². The van der Waals surface area contributed by atoms with Crippen LogP contribution in [0.25, 0.3) is 0 Å². The van der Waals surface area contributed by atoms with Crippen LogP contribution in [0.1, 0.15) is 26.3 Å². The Kier molecular flexibility index (Phi) is 5.49. The van der Waals surface area contributed by atoms with Crippen LogP contribution in [-0.4, -0.2) is 30.5 Å². The molecule has 0 saturated carbocycles. The minimum atomic E-state index is -0.354. The average molecular weight is 392 g/mol. The van der Waals surface area contributed by atoms with Gasteiger partial charge in [0.1, 0.15) is 0 Å². The summed E-state index contributed by atoms with van der Waals surface area (Å²) in [5.74, 6) is -0.353. The quantitative estimate of drug-likeness (QED) is 0.380. The molecule has 0 N–H and O–H groups in total. The predicted octanol–water partition coefficient (Wildman–Crippen LogP) is 3.26. The summed E-state index contributed by atoms with van der Waals surface area (Å²) in [6.07, 6.45) is 0. The van der Waals surface area contributed by atoms with E-state index >= 15 is 0 Å². The Balaban J connectivity index is 2.10. The van der Waals surface area contributed by atoms with Crippen molar-refractivity contribution < 1.29 is 9.59 Å². The van der Waals surface area contributed by atoms with Crippen molar-refractivity contribution in [2.45, 2.75) is 6.92 Å². The Morgan fingerprint density at radius 1 is 0.680 bits per heavy atom. The van der Waals surface area contributed by atoms with Crippen molar-refractivity contribution in [1.29, 1.82) is 0 Å². The van der Waals surface area contributed by atoms with Gasteiger partial charge in [-0.2, -0.15) is 0 Å². The van der Waals surface area contributed by atoms with Crippen LogP contribution in [0.2, 0.25) is 0 Å². The molecular weight excluding hydrogens is 375 g/mol. The van der Waals surface area contributed by atoms with Gasteiger partial charge in [-0.15, -0.1) is 0 Å². The number of rotatable bonds is 5. The summed E-state index contributed by atoms with van der Waals surface area (Å²) >= 11 is -0.354. The second-order valence-electron chi connectivity index (χ2n) is 5.58. The van der Waals surface area contributed by atoms with Gasteiger partial charge in [0.05, 0.1) is 0 Å². The summed E-state index contributed by atoms with van der Waals surface area (Å²) in [4.78, 5) is 26.2. The maximum absolute atomic E-state index is 13.1. The molecule has 3 aromatic carbocycles. The molecule has 1 radical (unpaired) electrons. The Bertz CT molecular complexity index is 929. The van der Waals surface area contributed by atoms with Crippen molar-refractivity contribution in [3.8, 4) is 0 Å². The fourth-order valence-electron chi connectivity index (χ4n) is 2.47. The van der Waals surface area contributed by atoms with Crippen molar-refractivity contribution in [2.24, 2.45) is 0 Å². The van der Waals surface area contributed by atoms with E-state index in [0.717, 1.165) is 10.0 Å². The summed E-state index contributed by atoms with van der Waals surface area (Å²) < 4.78 is 1.37. The third-order valence-electron chi connectivity index (χ3n) is 3.80. The summed E-state index contributed by atoms with van der Waals surface area (Å²) in [6, 6.07) is 26.1. The van der Waals surface area contributed by atoms with Crippen LogP contribution < -0.4 is 4.46 Å². The van der Waals surface area contributed by atoms with Gasteiger partial charge in [-0.1, -0.05) is 0 Å². The summed E-state index contributed by atoms with van der Waals surface area (Å²) in [6.45, 7) is 1.90. The average Bonchev–Trinajstić information content (AvgIpc) is 2.67. The summed E-state index contributed by atoms with van der Waals surface area (Å²) in [5.41, 5.74) is 2.03. The minimum absolute atomic E-state index is 0.171. The van der Waals surface area contributed by atoms with Gasteiger partial charge in [-0.3, -0.25) is 0 Å². The first-order valence-electron chi connectivity index (χ1n) is 7.97. The van der Waals surface area contributed by atoms with Crippen LogP contribution in [0.3, 0.4) is 0 Å². The van der Waals surface area contributed by atoms with Gasteiger partial charge in [-0.25, -0.2) is 0 Å². The monoisotopic (exact) mass is 393 g/mol. The first kappa shape index (κ1) is 17.2. The normalized spacial score (nSPS) is 11.2. The molecule has 0 spiro atoms. The van der Waals surface area contributed by atoms with E-state index in [1.807, 2.05) is 73.7 Å². The Labute approximate surface area is 153 Å². The molecule has 0 bridgehead atoms. The molecule has 123 valence electrons. The molecule has 0 atom stereocenters. The molecule has 0 aliphatic carbocycles. The van der Waals surface area contributed by atoms with Gasteiger partial charge in [0.15, 0.2) is 0 Å². The molecule has 3 aromatic rings. The van der Waals surface area contributed by atoms with Crippen molar-refractivity contribution in [2.75, 3.05) is 0 Å². The third kappa shape index (κ3) is 4.08. The van der Waals surface area contributed by atoms with Gasteiger partial charge in [0.25, 0.3) is 0 Å². The molecule has 3 heteroatoms. The standard InChI is InChI=1S/C22H17O2Se/c1-16-10-8-9-15-19(16)21(24)22(25-18-13-6-3-7-14-18)20(23)17-11-4-2-5-12-17/h2-15H,1H3. The second kappa shape index (κ2) is 7.98. The summed E-state index contributed by atoms with van der Waals surface area (Å²) in [5, 5.41) is 0. The molecule has 0 saturated heterocycles. The number of carbonyl (C=O) groups excluding carboxylic acids is 2. The molecule has 0 aliphatic heterocycles. The molecule has 0 fully saturated rings. The number of hydrogen-bond acceptors (Lipinski definition) is 2. The Hall–Kier alpha value is -2.61. The molecular formula is C22H17O2Se. The maximum atomic E-state index is 13.1. The number of ketones is 2. The van der Waals surface area contributed by atoms with Gasteiger partial charge in [0.2, 0.25) is 0 Å². The van der Waals surface area contributed by atoms with Crippen LogP contribution in [0.4, 0.5) is 0 Å². The third-order valence-corrected chi connectivity index (χ3v) is 6.07. The van der Waals surface area contributed by atoms with Gasteiger partial charge in [-0.05, 0) is 0 Å². The molecule has 0 aromatic heterocycles. The van der Waals surface area contributed by atoms with E-state index in [0.29, 0.717) is 15.5 Å². The topological polar surface area (TPSA) is 34.1 Å². The van der Waals surface area contributed by atoms with E-state index in [9.17, 15) is 9.59 Å². The van der Waals surface area contributed by atoms with Crippen molar-refractivity contribution in [1.82, 2.24) is 0 Å². The van der Waals surface area contributed by atoms with E-state index in [-0.39, 0.29) is 26.1 Å². The number of aryl methyl sites for hydroxylation is 1. The zero-order valence-corrected chi connectivity index (χ0v) is 15.5. The van der Waals surface area contributed by atoms with Crippen LogP contribution in [0.15, 0.2) is 84.9 Å². The van der Waals surface area contributed by atoms with Gasteiger partial charge in [0, 0.05) is 0 Å². The number of benzene rings is 3. The van der Waals surface area contributed by atoms with Crippen LogP contribution >= 0.6 is 0 Å². The number of carbonyl (C=O) groups is 2. The van der Waals surface area contributed by atoms with Gasteiger partial charge >= 0.3 is 153 Å². The van der Waals surface area contributed by atoms with E-state index in [4.69, 9.17) is 0 Å². The SMILES string of the molecule is Cc1ccccc1C(=O)C(=[Se]c1ccccc1)C(=O)c1ccccc1. The van der Waals surface area contributed by atoms with Crippen molar-refractivity contribution >= 4 is 35.0 Å².